The van der Waals surface area contributed by atoms with Crippen LogP contribution in [0.1, 0.15) is 39.9 Å². The Labute approximate surface area is 165 Å². The third-order valence-corrected chi connectivity index (χ3v) is 5.93. The number of benzene rings is 2. The second kappa shape index (κ2) is 9.09. The van der Waals surface area contributed by atoms with E-state index in [1.807, 2.05) is 29.2 Å². The predicted molar refractivity (Wildman–Crippen MR) is 110 cm³/mol. The first kappa shape index (κ1) is 19.5. The van der Waals surface area contributed by atoms with E-state index in [0.717, 1.165) is 42.0 Å². The summed E-state index contributed by atoms with van der Waals surface area (Å²) >= 11 is 1.54. The molecule has 0 radical (unpaired) electrons. The van der Waals surface area contributed by atoms with Crippen LogP contribution in [0.5, 0.6) is 0 Å². The van der Waals surface area contributed by atoms with Gasteiger partial charge < -0.3 is 10.2 Å². The van der Waals surface area contributed by atoms with Crippen LogP contribution in [-0.4, -0.2) is 35.6 Å². The fraction of sp³-hybridized carbons (Fsp3) is 0.364. The van der Waals surface area contributed by atoms with Crippen molar-refractivity contribution in [1.29, 1.82) is 0 Å². The molecule has 1 fully saturated rings. The zero-order chi connectivity index (χ0) is 19.2. The van der Waals surface area contributed by atoms with Crippen LogP contribution in [-0.2, 0) is 11.3 Å². The predicted octanol–water partition coefficient (Wildman–Crippen LogP) is 3.95. The Morgan fingerprint density at radius 2 is 1.70 bits per heavy atom. The number of aryl methyl sites for hydroxylation is 2. The van der Waals surface area contributed by atoms with Crippen molar-refractivity contribution in [1.82, 2.24) is 10.2 Å². The fourth-order valence-electron chi connectivity index (χ4n) is 3.07. The van der Waals surface area contributed by atoms with E-state index < -0.39 is 0 Å². The monoisotopic (exact) mass is 382 g/mol. The average Bonchev–Trinajstić information content (AvgIpc) is 3.22. The van der Waals surface area contributed by atoms with Gasteiger partial charge in [0.15, 0.2) is 0 Å². The summed E-state index contributed by atoms with van der Waals surface area (Å²) < 4.78 is 0. The van der Waals surface area contributed by atoms with Crippen LogP contribution in [0.25, 0.3) is 0 Å². The maximum absolute atomic E-state index is 12.3. The number of likely N-dealkylation sites (tertiary alicyclic amines) is 1. The van der Waals surface area contributed by atoms with Gasteiger partial charge in [0.05, 0.1) is 5.75 Å². The van der Waals surface area contributed by atoms with Crippen LogP contribution in [0.3, 0.4) is 0 Å². The quantitative estimate of drug-likeness (QED) is 0.770. The summed E-state index contributed by atoms with van der Waals surface area (Å²) in [5, 5.41) is 2.94. The SMILES string of the molecule is Cc1ccc(SCC(=O)NCc2ccc(C(=O)N3CCCC3)cc2)cc1C. The lowest BCUT2D eigenvalue weighted by Crippen LogP contribution is -2.27. The molecule has 142 valence electrons. The van der Waals surface area contributed by atoms with E-state index in [1.165, 1.54) is 11.1 Å². The number of nitrogens with one attached hydrogen (secondary N) is 1. The zero-order valence-electron chi connectivity index (χ0n) is 16.0. The number of carbonyl (C=O) groups excluding carboxylic acids is 2. The molecule has 2 aromatic carbocycles. The molecule has 1 N–H and O–H groups in total. The topological polar surface area (TPSA) is 49.4 Å². The van der Waals surface area contributed by atoms with Gasteiger partial charge in [0.25, 0.3) is 5.91 Å². The van der Waals surface area contributed by atoms with Gasteiger partial charge in [-0.15, -0.1) is 11.8 Å². The Hall–Kier alpha value is -2.27. The molecule has 2 aromatic rings. The molecule has 1 heterocycles. The first-order valence-corrected chi connectivity index (χ1v) is 10.4. The Morgan fingerprint density at radius 3 is 2.37 bits per heavy atom. The van der Waals surface area contributed by atoms with Gasteiger partial charge in [-0.3, -0.25) is 9.59 Å². The minimum absolute atomic E-state index is 0.00967. The molecule has 1 aliphatic heterocycles. The molecule has 5 heteroatoms. The maximum atomic E-state index is 12.3. The second-order valence-corrected chi connectivity index (χ2v) is 8.06. The van der Waals surface area contributed by atoms with Gasteiger partial charge >= 0.3 is 0 Å². The first-order valence-electron chi connectivity index (χ1n) is 9.38. The Kier molecular flexibility index (Phi) is 6.56. The third kappa shape index (κ3) is 5.36. The highest BCUT2D eigenvalue weighted by atomic mass is 32.2. The lowest BCUT2D eigenvalue weighted by atomic mass is 10.1. The number of hydrogen-bond donors (Lipinski definition) is 1. The lowest BCUT2D eigenvalue weighted by molar-refractivity contribution is -0.118. The Balaban J connectivity index is 1.45. The number of hydrogen-bond acceptors (Lipinski definition) is 3. The van der Waals surface area contributed by atoms with Gasteiger partial charge in [0.1, 0.15) is 0 Å². The molecule has 0 unspecified atom stereocenters. The molecule has 0 saturated carbocycles. The van der Waals surface area contributed by atoms with E-state index in [1.54, 1.807) is 11.8 Å². The van der Waals surface area contributed by atoms with E-state index in [-0.39, 0.29) is 11.8 Å². The molecule has 1 aliphatic rings. The smallest absolute Gasteiger partial charge is 0.253 e. The number of amides is 2. The standard InChI is InChI=1S/C22H26N2O2S/c1-16-5-10-20(13-17(16)2)27-15-21(25)23-14-18-6-8-19(9-7-18)22(26)24-11-3-4-12-24/h5-10,13H,3-4,11-12,14-15H2,1-2H3,(H,23,25). The zero-order valence-corrected chi connectivity index (χ0v) is 16.8. The van der Waals surface area contributed by atoms with Crippen molar-refractivity contribution in [3.05, 3.63) is 64.7 Å². The van der Waals surface area contributed by atoms with Crippen LogP contribution in [0.15, 0.2) is 47.4 Å². The minimum atomic E-state index is 0.00967. The van der Waals surface area contributed by atoms with Crippen molar-refractivity contribution in [2.45, 2.75) is 38.1 Å². The average molecular weight is 383 g/mol. The third-order valence-electron chi connectivity index (χ3n) is 4.93. The maximum Gasteiger partial charge on any atom is 0.253 e. The summed E-state index contributed by atoms with van der Waals surface area (Å²) in [7, 11) is 0. The van der Waals surface area contributed by atoms with E-state index >= 15 is 0 Å². The molecule has 0 spiro atoms. The number of rotatable bonds is 6. The summed E-state index contributed by atoms with van der Waals surface area (Å²) in [6.07, 6.45) is 2.19. The molecule has 2 amide bonds. The number of thioether (sulfide) groups is 1. The second-order valence-electron chi connectivity index (χ2n) is 7.01. The highest BCUT2D eigenvalue weighted by Gasteiger charge is 2.19. The summed E-state index contributed by atoms with van der Waals surface area (Å²) in [6, 6.07) is 13.8. The molecule has 3 rings (SSSR count). The van der Waals surface area contributed by atoms with Crippen molar-refractivity contribution < 1.29 is 9.59 Å². The van der Waals surface area contributed by atoms with Gasteiger partial charge in [-0.1, -0.05) is 18.2 Å². The minimum Gasteiger partial charge on any atom is -0.351 e. The molecule has 0 bridgehead atoms. The summed E-state index contributed by atoms with van der Waals surface area (Å²) in [5.74, 6) is 0.511. The molecule has 0 atom stereocenters. The summed E-state index contributed by atoms with van der Waals surface area (Å²) in [4.78, 5) is 27.5. The molecule has 0 aliphatic carbocycles. The van der Waals surface area contributed by atoms with Crippen molar-refractivity contribution in [2.24, 2.45) is 0 Å². The van der Waals surface area contributed by atoms with Gasteiger partial charge in [-0.2, -0.15) is 0 Å². The van der Waals surface area contributed by atoms with Gasteiger partial charge in [-0.25, -0.2) is 0 Å². The van der Waals surface area contributed by atoms with Crippen molar-refractivity contribution in [3.8, 4) is 0 Å². The van der Waals surface area contributed by atoms with Crippen LogP contribution in [0.4, 0.5) is 0 Å². The lowest BCUT2D eigenvalue weighted by Gasteiger charge is -2.15. The Bertz CT molecular complexity index is 812. The summed E-state index contributed by atoms with van der Waals surface area (Å²) in [6.45, 7) is 6.35. The molecular weight excluding hydrogens is 356 g/mol. The van der Waals surface area contributed by atoms with Crippen LogP contribution in [0, 0.1) is 13.8 Å². The summed E-state index contributed by atoms with van der Waals surface area (Å²) in [5.41, 5.74) is 4.22. The number of nitrogens with zero attached hydrogens (tertiary/aromatic N) is 1. The highest BCUT2D eigenvalue weighted by Crippen LogP contribution is 2.20. The van der Waals surface area contributed by atoms with Crippen molar-refractivity contribution in [2.75, 3.05) is 18.8 Å². The number of carbonyl (C=O) groups is 2. The molecule has 0 aromatic heterocycles. The fourth-order valence-corrected chi connectivity index (χ4v) is 3.90. The molecular formula is C22H26N2O2S. The van der Waals surface area contributed by atoms with Gasteiger partial charge in [0, 0.05) is 30.1 Å². The molecule has 1 saturated heterocycles. The van der Waals surface area contributed by atoms with E-state index in [0.29, 0.717) is 12.3 Å². The van der Waals surface area contributed by atoms with Crippen molar-refractivity contribution >= 4 is 23.6 Å². The van der Waals surface area contributed by atoms with Gasteiger partial charge in [0.2, 0.25) is 5.91 Å². The van der Waals surface area contributed by atoms with E-state index in [4.69, 9.17) is 0 Å². The van der Waals surface area contributed by atoms with Gasteiger partial charge in [-0.05, 0) is 67.6 Å². The Morgan fingerprint density at radius 1 is 1.00 bits per heavy atom. The molecule has 27 heavy (non-hydrogen) atoms. The first-order chi connectivity index (χ1) is 13.0. The normalized spacial score (nSPS) is 13.6. The highest BCUT2D eigenvalue weighted by molar-refractivity contribution is 8.00. The van der Waals surface area contributed by atoms with E-state index in [2.05, 4.69) is 37.4 Å². The van der Waals surface area contributed by atoms with Crippen molar-refractivity contribution in [3.63, 3.8) is 0 Å². The van der Waals surface area contributed by atoms with Crippen LogP contribution < -0.4 is 5.32 Å². The van der Waals surface area contributed by atoms with E-state index in [9.17, 15) is 9.59 Å². The molecule has 4 nitrogen and oxygen atoms in total. The van der Waals surface area contributed by atoms with Crippen LogP contribution in [0.2, 0.25) is 0 Å². The van der Waals surface area contributed by atoms with Crippen LogP contribution >= 0.6 is 11.8 Å². The largest absolute Gasteiger partial charge is 0.351 e.